The summed E-state index contributed by atoms with van der Waals surface area (Å²) in [5.41, 5.74) is 2.81. The van der Waals surface area contributed by atoms with Crippen molar-refractivity contribution in [3.8, 4) is 17.0 Å². The second kappa shape index (κ2) is 4.49. The Labute approximate surface area is 99.1 Å². The van der Waals surface area contributed by atoms with Crippen LogP contribution in [-0.4, -0.2) is 17.1 Å². The lowest BCUT2D eigenvalue weighted by Crippen LogP contribution is -1.91. The van der Waals surface area contributed by atoms with Crippen molar-refractivity contribution >= 4 is 11.6 Å². The number of aromatic nitrogens is 2. The van der Waals surface area contributed by atoms with Gasteiger partial charge in [0.05, 0.1) is 17.8 Å². The SMILES string of the molecule is COc1ccc(-c2ncncc2Cl)c(C)c1. The van der Waals surface area contributed by atoms with Crippen molar-refractivity contribution in [1.82, 2.24) is 9.97 Å². The number of hydrogen-bond acceptors (Lipinski definition) is 3. The fraction of sp³-hybridized carbons (Fsp3) is 0.167. The van der Waals surface area contributed by atoms with Gasteiger partial charge in [0.1, 0.15) is 12.1 Å². The molecule has 3 nitrogen and oxygen atoms in total. The second-order valence-electron chi connectivity index (χ2n) is 3.40. The summed E-state index contributed by atoms with van der Waals surface area (Å²) in [4.78, 5) is 8.05. The van der Waals surface area contributed by atoms with Crippen LogP contribution in [0.25, 0.3) is 11.3 Å². The summed E-state index contributed by atoms with van der Waals surface area (Å²) in [6.07, 6.45) is 3.08. The van der Waals surface area contributed by atoms with Crippen molar-refractivity contribution in [3.05, 3.63) is 41.3 Å². The Morgan fingerprint density at radius 3 is 2.75 bits per heavy atom. The lowest BCUT2D eigenvalue weighted by molar-refractivity contribution is 0.414. The molecule has 1 heterocycles. The Balaban J connectivity index is 2.53. The molecular formula is C12H11ClN2O. The third-order valence-electron chi connectivity index (χ3n) is 2.36. The fourth-order valence-electron chi connectivity index (χ4n) is 1.54. The van der Waals surface area contributed by atoms with Crippen LogP contribution in [0.1, 0.15) is 5.56 Å². The van der Waals surface area contributed by atoms with Gasteiger partial charge in [-0.3, -0.25) is 0 Å². The fourth-order valence-corrected chi connectivity index (χ4v) is 1.75. The normalized spacial score (nSPS) is 10.2. The summed E-state index contributed by atoms with van der Waals surface area (Å²) in [7, 11) is 1.64. The number of nitrogens with zero attached hydrogens (tertiary/aromatic N) is 2. The first kappa shape index (κ1) is 10.9. The molecule has 0 fully saturated rings. The highest BCUT2D eigenvalue weighted by Gasteiger charge is 2.08. The molecule has 2 aromatic rings. The van der Waals surface area contributed by atoms with E-state index < -0.39 is 0 Å². The highest BCUT2D eigenvalue weighted by molar-refractivity contribution is 6.32. The molecule has 0 aliphatic carbocycles. The Hall–Kier alpha value is -1.61. The Bertz CT molecular complexity index is 514. The number of ether oxygens (including phenoxy) is 1. The molecule has 0 atom stereocenters. The monoisotopic (exact) mass is 234 g/mol. The van der Waals surface area contributed by atoms with E-state index in [-0.39, 0.29) is 0 Å². The molecule has 0 amide bonds. The first-order valence-corrected chi connectivity index (χ1v) is 5.20. The number of hydrogen-bond donors (Lipinski definition) is 0. The maximum Gasteiger partial charge on any atom is 0.119 e. The minimum absolute atomic E-state index is 0.552. The molecule has 0 spiro atoms. The summed E-state index contributed by atoms with van der Waals surface area (Å²) >= 11 is 6.05. The van der Waals surface area contributed by atoms with Crippen molar-refractivity contribution in [1.29, 1.82) is 0 Å². The molecule has 0 N–H and O–H groups in total. The summed E-state index contributed by atoms with van der Waals surface area (Å²) in [5, 5.41) is 0.552. The van der Waals surface area contributed by atoms with Crippen LogP contribution in [0.2, 0.25) is 5.02 Å². The van der Waals surface area contributed by atoms with Crippen molar-refractivity contribution in [2.24, 2.45) is 0 Å². The quantitative estimate of drug-likeness (QED) is 0.801. The van der Waals surface area contributed by atoms with E-state index in [1.807, 2.05) is 25.1 Å². The third-order valence-corrected chi connectivity index (χ3v) is 2.63. The lowest BCUT2D eigenvalue weighted by Gasteiger charge is -2.08. The highest BCUT2D eigenvalue weighted by Crippen LogP contribution is 2.29. The van der Waals surface area contributed by atoms with Crippen LogP contribution in [0, 0.1) is 6.92 Å². The van der Waals surface area contributed by atoms with Crippen molar-refractivity contribution in [2.75, 3.05) is 7.11 Å². The molecule has 0 saturated carbocycles. The van der Waals surface area contributed by atoms with Crippen LogP contribution in [0.5, 0.6) is 5.75 Å². The van der Waals surface area contributed by atoms with Gasteiger partial charge in [-0.2, -0.15) is 0 Å². The summed E-state index contributed by atoms with van der Waals surface area (Å²) in [6, 6.07) is 5.79. The van der Waals surface area contributed by atoms with Crippen molar-refractivity contribution in [3.63, 3.8) is 0 Å². The highest BCUT2D eigenvalue weighted by atomic mass is 35.5. The third kappa shape index (κ3) is 1.99. The lowest BCUT2D eigenvalue weighted by atomic mass is 10.1. The average Bonchev–Trinajstić information content (AvgIpc) is 2.30. The maximum absolute atomic E-state index is 6.05. The average molecular weight is 235 g/mol. The molecule has 0 radical (unpaired) electrons. The van der Waals surface area contributed by atoms with Gasteiger partial charge in [0.25, 0.3) is 0 Å². The second-order valence-corrected chi connectivity index (χ2v) is 3.81. The van der Waals surface area contributed by atoms with Crippen LogP contribution in [0.3, 0.4) is 0 Å². The van der Waals surface area contributed by atoms with Crippen LogP contribution in [0.15, 0.2) is 30.7 Å². The van der Waals surface area contributed by atoms with Gasteiger partial charge < -0.3 is 4.74 Å². The minimum atomic E-state index is 0.552. The predicted molar refractivity (Wildman–Crippen MR) is 63.8 cm³/mol. The summed E-state index contributed by atoms with van der Waals surface area (Å²) in [5.74, 6) is 0.825. The van der Waals surface area contributed by atoms with Crippen LogP contribution >= 0.6 is 11.6 Å². The van der Waals surface area contributed by atoms with E-state index in [1.165, 1.54) is 6.33 Å². The smallest absolute Gasteiger partial charge is 0.119 e. The zero-order valence-electron chi connectivity index (χ0n) is 9.07. The first-order valence-electron chi connectivity index (χ1n) is 4.83. The Morgan fingerprint density at radius 1 is 1.31 bits per heavy atom. The molecule has 0 unspecified atom stereocenters. The summed E-state index contributed by atoms with van der Waals surface area (Å²) in [6.45, 7) is 2.00. The standard InChI is InChI=1S/C12H11ClN2O/c1-8-5-9(16-2)3-4-10(8)12-11(13)6-14-7-15-12/h3-7H,1-2H3. The molecule has 0 bridgehead atoms. The van der Waals surface area contributed by atoms with E-state index in [1.54, 1.807) is 13.3 Å². The van der Waals surface area contributed by atoms with Gasteiger partial charge in [-0.05, 0) is 30.7 Å². The molecule has 1 aromatic carbocycles. The van der Waals surface area contributed by atoms with Gasteiger partial charge >= 0.3 is 0 Å². The Morgan fingerprint density at radius 2 is 2.12 bits per heavy atom. The molecule has 0 aliphatic heterocycles. The molecule has 2 rings (SSSR count). The molecule has 0 aliphatic rings. The first-order chi connectivity index (χ1) is 7.72. The van der Waals surface area contributed by atoms with Crippen LogP contribution in [-0.2, 0) is 0 Å². The van der Waals surface area contributed by atoms with Crippen LogP contribution < -0.4 is 4.74 Å². The van der Waals surface area contributed by atoms with Gasteiger partial charge in [0.15, 0.2) is 0 Å². The molecular weight excluding hydrogens is 224 g/mol. The van der Waals surface area contributed by atoms with E-state index >= 15 is 0 Å². The zero-order valence-corrected chi connectivity index (χ0v) is 9.82. The number of rotatable bonds is 2. The number of aryl methyl sites for hydroxylation is 1. The van der Waals surface area contributed by atoms with Gasteiger partial charge in [0, 0.05) is 11.8 Å². The predicted octanol–water partition coefficient (Wildman–Crippen LogP) is 3.11. The number of methoxy groups -OCH3 is 1. The molecule has 0 saturated heterocycles. The summed E-state index contributed by atoms with van der Waals surface area (Å²) < 4.78 is 5.15. The minimum Gasteiger partial charge on any atom is -0.497 e. The van der Waals surface area contributed by atoms with E-state index in [0.717, 1.165) is 22.6 Å². The van der Waals surface area contributed by atoms with Crippen molar-refractivity contribution < 1.29 is 4.74 Å². The van der Waals surface area contributed by atoms with Gasteiger partial charge in [0.2, 0.25) is 0 Å². The maximum atomic E-state index is 6.05. The van der Waals surface area contributed by atoms with Crippen molar-refractivity contribution in [2.45, 2.75) is 6.92 Å². The van der Waals surface area contributed by atoms with Gasteiger partial charge in [-0.25, -0.2) is 9.97 Å². The van der Waals surface area contributed by atoms with Gasteiger partial charge in [-0.15, -0.1) is 0 Å². The Kier molecular flexibility index (Phi) is 3.06. The van der Waals surface area contributed by atoms with E-state index in [2.05, 4.69) is 9.97 Å². The van der Waals surface area contributed by atoms with E-state index in [0.29, 0.717) is 5.02 Å². The number of halogens is 1. The van der Waals surface area contributed by atoms with E-state index in [9.17, 15) is 0 Å². The molecule has 16 heavy (non-hydrogen) atoms. The topological polar surface area (TPSA) is 35.0 Å². The number of benzene rings is 1. The van der Waals surface area contributed by atoms with Gasteiger partial charge in [-0.1, -0.05) is 11.6 Å². The van der Waals surface area contributed by atoms with E-state index in [4.69, 9.17) is 16.3 Å². The molecule has 4 heteroatoms. The molecule has 1 aromatic heterocycles. The zero-order chi connectivity index (χ0) is 11.5. The van der Waals surface area contributed by atoms with Crippen LogP contribution in [0.4, 0.5) is 0 Å². The largest absolute Gasteiger partial charge is 0.497 e. The molecule has 82 valence electrons.